The Hall–Kier alpha value is -2.70. The molecule has 3 unspecified atom stereocenters. The van der Waals surface area contributed by atoms with Crippen LogP contribution in [0.4, 0.5) is 4.79 Å². The van der Waals surface area contributed by atoms with Gasteiger partial charge in [0, 0.05) is 20.5 Å². The first kappa shape index (κ1) is 17.7. The van der Waals surface area contributed by atoms with Gasteiger partial charge < -0.3 is 23.8 Å². The standard InChI is InChI=1S/C20H23NO6/c1-21(2)20(23)27-13-4-5-14-17(10-13)26-11-15(19(14)22)12-3-6-16-18(9-12)25-8-7-24-16/h3,6,9,11,13-14,17H,4-5,7-8,10H2,1-2H3. The maximum atomic E-state index is 13.0. The Morgan fingerprint density at radius 2 is 1.93 bits per heavy atom. The van der Waals surface area contributed by atoms with Crippen LogP contribution in [0.3, 0.4) is 0 Å². The van der Waals surface area contributed by atoms with Crippen LogP contribution >= 0.6 is 0 Å². The van der Waals surface area contributed by atoms with Crippen molar-refractivity contribution in [2.75, 3.05) is 27.3 Å². The van der Waals surface area contributed by atoms with E-state index in [1.807, 2.05) is 18.2 Å². The van der Waals surface area contributed by atoms with Crippen LogP contribution in [0.25, 0.3) is 5.57 Å². The van der Waals surface area contributed by atoms with Crippen LogP contribution in [0.2, 0.25) is 0 Å². The highest BCUT2D eigenvalue weighted by atomic mass is 16.6. The van der Waals surface area contributed by atoms with Crippen LogP contribution < -0.4 is 9.47 Å². The average Bonchev–Trinajstić information content (AvgIpc) is 2.68. The molecule has 7 heteroatoms. The number of carbonyl (C=O) groups excluding carboxylic acids is 2. The molecular formula is C20H23NO6. The topological polar surface area (TPSA) is 74.3 Å². The van der Waals surface area contributed by atoms with Crippen molar-refractivity contribution < 1.29 is 28.5 Å². The van der Waals surface area contributed by atoms with Gasteiger partial charge in [-0.25, -0.2) is 4.79 Å². The first-order chi connectivity index (χ1) is 13.0. The SMILES string of the molecule is CN(C)C(=O)OC1CCC2C(=O)C(c3ccc4c(c3)OCCO4)=COC2C1. The summed E-state index contributed by atoms with van der Waals surface area (Å²) in [6, 6.07) is 5.50. The number of allylic oxidation sites excluding steroid dienone is 1. The highest BCUT2D eigenvalue weighted by Crippen LogP contribution is 2.39. The van der Waals surface area contributed by atoms with Gasteiger partial charge in [-0.3, -0.25) is 4.79 Å². The molecule has 7 nitrogen and oxygen atoms in total. The van der Waals surface area contributed by atoms with Gasteiger partial charge in [0.1, 0.15) is 25.4 Å². The van der Waals surface area contributed by atoms with E-state index in [9.17, 15) is 9.59 Å². The largest absolute Gasteiger partial charge is 0.496 e. The van der Waals surface area contributed by atoms with Crippen molar-refractivity contribution >= 4 is 17.4 Å². The third kappa shape index (κ3) is 3.46. The second-order valence-corrected chi connectivity index (χ2v) is 7.25. The predicted molar refractivity (Wildman–Crippen MR) is 96.6 cm³/mol. The first-order valence-corrected chi connectivity index (χ1v) is 9.20. The number of carbonyl (C=O) groups is 2. The van der Waals surface area contributed by atoms with E-state index in [-0.39, 0.29) is 30.0 Å². The molecule has 0 bridgehead atoms. The van der Waals surface area contributed by atoms with E-state index >= 15 is 0 Å². The van der Waals surface area contributed by atoms with Crippen molar-refractivity contribution in [2.24, 2.45) is 5.92 Å². The molecule has 1 aliphatic carbocycles. The van der Waals surface area contributed by atoms with Gasteiger partial charge in [0.15, 0.2) is 17.3 Å². The molecule has 0 saturated heterocycles. The summed E-state index contributed by atoms with van der Waals surface area (Å²) in [6.07, 6.45) is 2.51. The summed E-state index contributed by atoms with van der Waals surface area (Å²) in [4.78, 5) is 26.2. The summed E-state index contributed by atoms with van der Waals surface area (Å²) in [5.41, 5.74) is 1.32. The molecule has 3 aliphatic rings. The van der Waals surface area contributed by atoms with E-state index in [0.29, 0.717) is 49.5 Å². The third-order valence-electron chi connectivity index (χ3n) is 5.19. The third-order valence-corrected chi connectivity index (χ3v) is 5.19. The minimum Gasteiger partial charge on any atom is -0.496 e. The van der Waals surface area contributed by atoms with Gasteiger partial charge in [0.2, 0.25) is 0 Å². The molecule has 144 valence electrons. The average molecular weight is 373 g/mol. The monoisotopic (exact) mass is 373 g/mol. The van der Waals surface area contributed by atoms with E-state index in [2.05, 4.69) is 0 Å². The molecule has 3 atom stereocenters. The lowest BCUT2D eigenvalue weighted by molar-refractivity contribution is -0.126. The van der Waals surface area contributed by atoms with Crippen molar-refractivity contribution in [3.63, 3.8) is 0 Å². The normalized spacial score (nSPS) is 26.4. The molecular weight excluding hydrogens is 350 g/mol. The van der Waals surface area contributed by atoms with Crippen molar-refractivity contribution in [2.45, 2.75) is 31.5 Å². The Kier molecular flexibility index (Phi) is 4.68. The maximum absolute atomic E-state index is 13.0. The van der Waals surface area contributed by atoms with Crippen LogP contribution in [0.15, 0.2) is 24.5 Å². The summed E-state index contributed by atoms with van der Waals surface area (Å²) in [6.45, 7) is 1.03. The van der Waals surface area contributed by atoms with Gasteiger partial charge >= 0.3 is 6.09 Å². The molecule has 2 heterocycles. The highest BCUT2D eigenvalue weighted by Gasteiger charge is 2.41. The molecule has 1 fully saturated rings. The minimum atomic E-state index is -0.368. The number of ketones is 1. The van der Waals surface area contributed by atoms with E-state index < -0.39 is 0 Å². The van der Waals surface area contributed by atoms with E-state index in [1.54, 1.807) is 14.1 Å². The lowest BCUT2D eigenvalue weighted by atomic mass is 9.78. The number of hydrogen-bond donors (Lipinski definition) is 0. The number of nitrogens with zero attached hydrogens (tertiary/aromatic N) is 1. The summed E-state index contributed by atoms with van der Waals surface area (Å²) < 4.78 is 22.5. The smallest absolute Gasteiger partial charge is 0.409 e. The van der Waals surface area contributed by atoms with E-state index in [4.69, 9.17) is 18.9 Å². The fourth-order valence-corrected chi connectivity index (χ4v) is 3.73. The van der Waals surface area contributed by atoms with Crippen LogP contribution in [-0.4, -0.2) is 56.3 Å². The van der Waals surface area contributed by atoms with Gasteiger partial charge in [0.05, 0.1) is 17.8 Å². The van der Waals surface area contributed by atoms with Gasteiger partial charge in [-0.15, -0.1) is 0 Å². The zero-order valence-electron chi connectivity index (χ0n) is 15.5. The molecule has 0 spiro atoms. The number of rotatable bonds is 2. The zero-order valence-corrected chi connectivity index (χ0v) is 15.5. The summed E-state index contributed by atoms with van der Waals surface area (Å²) in [5, 5.41) is 0. The Labute approximate surface area is 157 Å². The fraction of sp³-hybridized carbons (Fsp3) is 0.500. The van der Waals surface area contributed by atoms with Gasteiger partial charge in [0.25, 0.3) is 0 Å². The second-order valence-electron chi connectivity index (χ2n) is 7.25. The van der Waals surface area contributed by atoms with Crippen molar-refractivity contribution in [1.29, 1.82) is 0 Å². The summed E-state index contributed by atoms with van der Waals surface area (Å²) >= 11 is 0. The Morgan fingerprint density at radius 3 is 2.70 bits per heavy atom. The van der Waals surface area contributed by atoms with Crippen molar-refractivity contribution in [3.8, 4) is 11.5 Å². The molecule has 1 amide bonds. The fourth-order valence-electron chi connectivity index (χ4n) is 3.73. The molecule has 0 N–H and O–H groups in total. The maximum Gasteiger partial charge on any atom is 0.409 e. The van der Waals surface area contributed by atoms with Crippen molar-refractivity contribution in [1.82, 2.24) is 4.90 Å². The molecule has 1 aromatic rings. The molecule has 2 aliphatic heterocycles. The zero-order chi connectivity index (χ0) is 19.0. The number of benzene rings is 1. The molecule has 0 aromatic heterocycles. The predicted octanol–water partition coefficient (Wildman–Crippen LogP) is 2.63. The minimum absolute atomic E-state index is 0.0697. The Balaban J connectivity index is 1.48. The van der Waals surface area contributed by atoms with Crippen LogP contribution in [0.1, 0.15) is 24.8 Å². The van der Waals surface area contributed by atoms with Gasteiger partial charge in [-0.05, 0) is 30.5 Å². The summed E-state index contributed by atoms with van der Waals surface area (Å²) in [7, 11) is 3.30. The van der Waals surface area contributed by atoms with Crippen LogP contribution in [0, 0.1) is 5.92 Å². The number of Topliss-reactive ketones (excluding diaryl/α,β-unsaturated/α-hetero) is 1. The molecule has 1 saturated carbocycles. The van der Waals surface area contributed by atoms with Crippen molar-refractivity contribution in [3.05, 3.63) is 30.0 Å². The van der Waals surface area contributed by atoms with Gasteiger partial charge in [-0.1, -0.05) is 6.07 Å². The lowest BCUT2D eigenvalue weighted by Gasteiger charge is -2.37. The van der Waals surface area contributed by atoms with Gasteiger partial charge in [-0.2, -0.15) is 0 Å². The quantitative estimate of drug-likeness (QED) is 0.793. The number of amides is 1. The molecule has 27 heavy (non-hydrogen) atoms. The number of fused-ring (bicyclic) bond motifs is 2. The van der Waals surface area contributed by atoms with E-state index in [0.717, 1.165) is 5.56 Å². The number of hydrogen-bond acceptors (Lipinski definition) is 6. The molecule has 4 rings (SSSR count). The molecule has 0 radical (unpaired) electrons. The first-order valence-electron chi connectivity index (χ1n) is 9.20. The summed E-state index contributed by atoms with van der Waals surface area (Å²) in [5.74, 6) is 1.19. The van der Waals surface area contributed by atoms with E-state index in [1.165, 1.54) is 11.2 Å². The van der Waals surface area contributed by atoms with Crippen LogP contribution in [-0.2, 0) is 14.3 Å². The number of ether oxygens (including phenoxy) is 4. The molecule has 1 aromatic carbocycles. The lowest BCUT2D eigenvalue weighted by Crippen LogP contribution is -2.42. The highest BCUT2D eigenvalue weighted by molar-refractivity contribution is 6.22. The second kappa shape index (κ2) is 7.13. The van der Waals surface area contributed by atoms with Crippen LogP contribution in [0.5, 0.6) is 11.5 Å². The Morgan fingerprint density at radius 1 is 1.15 bits per heavy atom. The Bertz CT molecular complexity index is 787.